The van der Waals surface area contributed by atoms with Crippen LogP contribution in [0.3, 0.4) is 0 Å². The second-order valence-corrected chi connectivity index (χ2v) is 6.81. The third-order valence-electron chi connectivity index (χ3n) is 4.91. The minimum Gasteiger partial charge on any atom is -0.460 e. The van der Waals surface area contributed by atoms with E-state index in [1.54, 1.807) is 0 Å². The van der Waals surface area contributed by atoms with E-state index in [-0.39, 0.29) is 32.2 Å². The van der Waals surface area contributed by atoms with Crippen LogP contribution in [-0.2, 0) is 14.3 Å². The first-order valence-corrected chi connectivity index (χ1v) is 9.65. The summed E-state index contributed by atoms with van der Waals surface area (Å²) in [5, 5.41) is 11.6. The van der Waals surface area contributed by atoms with Crippen molar-refractivity contribution in [2.24, 2.45) is 0 Å². The first-order chi connectivity index (χ1) is 14.2. The standard InChI is InChI=1S/C23H25NO5/c1-2-14-28-22(26)21(12-7-13-25)24-23(27)29-15-20-18-10-5-3-8-16(18)17-9-4-6-11-19(17)20/h2-6,8-11,20-21,25H,1,7,12-15H2,(H,24,27)/t21-/m0/s1. The number of ether oxygens (including phenoxy) is 2. The highest BCUT2D eigenvalue weighted by Gasteiger charge is 2.29. The largest absolute Gasteiger partial charge is 0.460 e. The van der Waals surface area contributed by atoms with Crippen LogP contribution in [0.1, 0.15) is 29.9 Å². The summed E-state index contributed by atoms with van der Waals surface area (Å²) in [5.41, 5.74) is 4.52. The second kappa shape index (κ2) is 9.89. The normalized spacial score (nSPS) is 13.1. The van der Waals surface area contributed by atoms with Crippen molar-refractivity contribution >= 4 is 12.1 Å². The summed E-state index contributed by atoms with van der Waals surface area (Å²) in [6.45, 7) is 3.63. The number of rotatable bonds is 9. The van der Waals surface area contributed by atoms with Gasteiger partial charge in [0, 0.05) is 12.5 Å². The summed E-state index contributed by atoms with van der Waals surface area (Å²) < 4.78 is 10.5. The van der Waals surface area contributed by atoms with Crippen molar-refractivity contribution in [2.45, 2.75) is 24.8 Å². The highest BCUT2D eigenvalue weighted by Crippen LogP contribution is 2.44. The molecule has 2 aromatic carbocycles. The van der Waals surface area contributed by atoms with Crippen molar-refractivity contribution in [3.63, 3.8) is 0 Å². The smallest absolute Gasteiger partial charge is 0.407 e. The molecule has 0 bridgehead atoms. The van der Waals surface area contributed by atoms with E-state index in [0.717, 1.165) is 22.3 Å². The fourth-order valence-corrected chi connectivity index (χ4v) is 3.57. The topological polar surface area (TPSA) is 84.9 Å². The zero-order chi connectivity index (χ0) is 20.6. The number of nitrogens with one attached hydrogen (secondary N) is 1. The number of aliphatic hydroxyl groups is 1. The van der Waals surface area contributed by atoms with E-state index in [4.69, 9.17) is 14.6 Å². The number of carbonyl (C=O) groups is 2. The van der Waals surface area contributed by atoms with Crippen molar-refractivity contribution in [3.8, 4) is 11.1 Å². The fourth-order valence-electron chi connectivity index (χ4n) is 3.57. The molecule has 3 rings (SSSR count). The Hall–Kier alpha value is -3.12. The summed E-state index contributed by atoms with van der Waals surface area (Å²) in [6, 6.07) is 15.3. The molecule has 152 valence electrons. The van der Waals surface area contributed by atoms with Crippen LogP contribution in [-0.4, -0.2) is 43.0 Å². The van der Waals surface area contributed by atoms with E-state index in [2.05, 4.69) is 24.0 Å². The monoisotopic (exact) mass is 395 g/mol. The zero-order valence-corrected chi connectivity index (χ0v) is 16.2. The van der Waals surface area contributed by atoms with E-state index in [1.807, 2.05) is 36.4 Å². The molecule has 1 aliphatic rings. The van der Waals surface area contributed by atoms with Gasteiger partial charge in [-0.2, -0.15) is 0 Å². The van der Waals surface area contributed by atoms with Crippen LogP contribution in [0, 0.1) is 0 Å². The van der Waals surface area contributed by atoms with Crippen LogP contribution in [0.25, 0.3) is 11.1 Å². The Labute approximate surface area is 170 Å². The van der Waals surface area contributed by atoms with Gasteiger partial charge in [0.15, 0.2) is 0 Å². The molecule has 0 saturated heterocycles. The van der Waals surface area contributed by atoms with E-state index in [0.29, 0.717) is 6.42 Å². The maximum atomic E-state index is 12.4. The lowest BCUT2D eigenvalue weighted by Gasteiger charge is -2.18. The molecule has 0 fully saturated rings. The van der Waals surface area contributed by atoms with Gasteiger partial charge in [0.25, 0.3) is 0 Å². The summed E-state index contributed by atoms with van der Waals surface area (Å²) in [7, 11) is 0. The zero-order valence-electron chi connectivity index (χ0n) is 16.2. The van der Waals surface area contributed by atoms with E-state index >= 15 is 0 Å². The average molecular weight is 395 g/mol. The number of amides is 1. The minimum atomic E-state index is -0.877. The van der Waals surface area contributed by atoms with Gasteiger partial charge in [-0.05, 0) is 35.1 Å². The van der Waals surface area contributed by atoms with Crippen LogP contribution >= 0.6 is 0 Å². The van der Waals surface area contributed by atoms with E-state index < -0.39 is 18.1 Å². The van der Waals surface area contributed by atoms with Gasteiger partial charge in [-0.3, -0.25) is 0 Å². The van der Waals surface area contributed by atoms with E-state index in [9.17, 15) is 9.59 Å². The van der Waals surface area contributed by atoms with Crippen molar-refractivity contribution in [1.29, 1.82) is 0 Å². The second-order valence-electron chi connectivity index (χ2n) is 6.81. The molecule has 0 saturated carbocycles. The van der Waals surface area contributed by atoms with Crippen molar-refractivity contribution in [3.05, 3.63) is 72.3 Å². The molecule has 6 nitrogen and oxygen atoms in total. The quantitative estimate of drug-likeness (QED) is 0.502. The third-order valence-corrected chi connectivity index (χ3v) is 4.91. The number of hydrogen-bond acceptors (Lipinski definition) is 5. The summed E-state index contributed by atoms with van der Waals surface area (Å²) in [4.78, 5) is 24.5. The molecule has 6 heteroatoms. The van der Waals surface area contributed by atoms with Gasteiger partial charge in [-0.15, -0.1) is 0 Å². The Bertz CT molecular complexity index is 834. The molecule has 0 aliphatic heterocycles. The van der Waals surface area contributed by atoms with Gasteiger partial charge >= 0.3 is 12.1 Å². The molecule has 1 amide bonds. The summed E-state index contributed by atoms with van der Waals surface area (Å²) >= 11 is 0. The Morgan fingerprint density at radius 2 is 1.69 bits per heavy atom. The number of alkyl carbamates (subject to hydrolysis) is 1. The maximum Gasteiger partial charge on any atom is 0.407 e. The average Bonchev–Trinajstić information content (AvgIpc) is 3.07. The van der Waals surface area contributed by atoms with Crippen LogP contribution in [0.15, 0.2) is 61.2 Å². The highest BCUT2D eigenvalue weighted by molar-refractivity contribution is 5.82. The summed E-state index contributed by atoms with van der Waals surface area (Å²) in [5.74, 6) is -0.636. The van der Waals surface area contributed by atoms with Crippen LogP contribution in [0.5, 0.6) is 0 Å². The lowest BCUT2D eigenvalue weighted by molar-refractivity contribution is -0.145. The fraction of sp³-hybridized carbons (Fsp3) is 0.304. The summed E-state index contributed by atoms with van der Waals surface area (Å²) in [6.07, 6.45) is 1.38. The van der Waals surface area contributed by atoms with Crippen molar-refractivity contribution in [1.82, 2.24) is 5.32 Å². The highest BCUT2D eigenvalue weighted by atomic mass is 16.6. The first kappa shape index (κ1) is 20.6. The molecule has 2 aromatic rings. The SMILES string of the molecule is C=CCOC(=O)[C@H](CCCO)NC(=O)OCC1c2ccccc2-c2ccccc21. The number of carbonyl (C=O) groups excluding carboxylic acids is 2. The predicted molar refractivity (Wildman–Crippen MR) is 109 cm³/mol. The number of benzene rings is 2. The minimum absolute atomic E-state index is 0.0564. The first-order valence-electron chi connectivity index (χ1n) is 9.65. The molecule has 1 aliphatic carbocycles. The number of fused-ring (bicyclic) bond motifs is 3. The molecule has 0 heterocycles. The molecular weight excluding hydrogens is 370 g/mol. The van der Waals surface area contributed by atoms with Crippen molar-refractivity contribution in [2.75, 3.05) is 19.8 Å². The van der Waals surface area contributed by atoms with Crippen LogP contribution in [0.2, 0.25) is 0 Å². The molecule has 2 N–H and O–H groups in total. The van der Waals surface area contributed by atoms with Gasteiger partial charge in [0.2, 0.25) is 0 Å². The van der Waals surface area contributed by atoms with Crippen LogP contribution < -0.4 is 5.32 Å². The van der Waals surface area contributed by atoms with E-state index in [1.165, 1.54) is 6.08 Å². The molecule has 1 atom stereocenters. The van der Waals surface area contributed by atoms with Gasteiger partial charge in [0.05, 0.1) is 0 Å². The van der Waals surface area contributed by atoms with Gasteiger partial charge < -0.3 is 19.9 Å². The lowest BCUT2D eigenvalue weighted by atomic mass is 9.98. The number of aliphatic hydroxyl groups excluding tert-OH is 1. The third kappa shape index (κ3) is 4.84. The van der Waals surface area contributed by atoms with Gasteiger partial charge in [-0.1, -0.05) is 61.2 Å². The Morgan fingerprint density at radius 3 is 2.28 bits per heavy atom. The lowest BCUT2D eigenvalue weighted by Crippen LogP contribution is -2.42. The molecule has 0 spiro atoms. The van der Waals surface area contributed by atoms with Gasteiger partial charge in [-0.25, -0.2) is 9.59 Å². The van der Waals surface area contributed by atoms with Crippen LogP contribution in [0.4, 0.5) is 4.79 Å². The Kier molecular flexibility index (Phi) is 7.03. The Morgan fingerprint density at radius 1 is 1.07 bits per heavy atom. The van der Waals surface area contributed by atoms with Crippen molar-refractivity contribution < 1.29 is 24.2 Å². The van der Waals surface area contributed by atoms with Gasteiger partial charge in [0.1, 0.15) is 19.3 Å². The molecule has 0 unspecified atom stereocenters. The Balaban J connectivity index is 1.65. The number of esters is 1. The molecular formula is C23H25NO5. The predicted octanol–water partition coefficient (Wildman–Crippen LogP) is 3.40. The molecule has 0 aromatic heterocycles. The maximum absolute atomic E-state index is 12.4. The molecule has 0 radical (unpaired) electrons. The molecule has 29 heavy (non-hydrogen) atoms. The number of hydrogen-bond donors (Lipinski definition) is 2.